The Bertz CT molecular complexity index is 744. The normalized spacial score (nSPS) is 14.5. The van der Waals surface area contributed by atoms with E-state index in [0.717, 1.165) is 25.0 Å². The standard InChI is InChI=1S/C15H12ClF2NO2/c1-2-21-15(20)12-13(16)8-5-9(17)10(18)6-11(8)19-14(12)7-3-4-7/h5-7H,2-4H2,1H3. The highest BCUT2D eigenvalue weighted by Gasteiger charge is 2.33. The first-order valence-electron chi connectivity index (χ1n) is 6.68. The van der Waals surface area contributed by atoms with Crippen LogP contribution in [0.3, 0.4) is 0 Å². The largest absolute Gasteiger partial charge is 0.462 e. The van der Waals surface area contributed by atoms with Crippen LogP contribution < -0.4 is 0 Å². The predicted octanol–water partition coefficient (Wildman–Crippen LogP) is 4.22. The zero-order valence-corrected chi connectivity index (χ0v) is 12.0. The zero-order valence-electron chi connectivity index (χ0n) is 11.3. The van der Waals surface area contributed by atoms with Crippen LogP contribution in [0.15, 0.2) is 12.1 Å². The van der Waals surface area contributed by atoms with Crippen LogP contribution in [0, 0.1) is 11.6 Å². The SMILES string of the molecule is CCOC(=O)c1c(C2CC2)nc2cc(F)c(F)cc2c1Cl. The summed E-state index contributed by atoms with van der Waals surface area (Å²) in [6, 6.07) is 1.96. The Balaban J connectivity index is 2.28. The minimum atomic E-state index is -1.03. The van der Waals surface area contributed by atoms with Crippen molar-refractivity contribution in [3.05, 3.63) is 40.0 Å². The highest BCUT2D eigenvalue weighted by atomic mass is 35.5. The molecule has 0 spiro atoms. The molecule has 0 N–H and O–H groups in total. The van der Waals surface area contributed by atoms with Crippen molar-refractivity contribution < 1.29 is 18.3 Å². The Hall–Kier alpha value is -1.75. The fourth-order valence-corrected chi connectivity index (χ4v) is 2.61. The van der Waals surface area contributed by atoms with Crippen LogP contribution in [0.25, 0.3) is 10.9 Å². The summed E-state index contributed by atoms with van der Waals surface area (Å²) >= 11 is 6.24. The van der Waals surface area contributed by atoms with Crippen LogP contribution in [0.4, 0.5) is 8.78 Å². The second-order valence-electron chi connectivity index (χ2n) is 4.96. The Labute approximate surface area is 124 Å². The Morgan fingerprint density at radius 1 is 1.38 bits per heavy atom. The second-order valence-corrected chi connectivity index (χ2v) is 5.34. The lowest BCUT2D eigenvalue weighted by Gasteiger charge is -2.12. The minimum absolute atomic E-state index is 0.0688. The number of benzene rings is 1. The zero-order chi connectivity index (χ0) is 15.1. The number of rotatable bonds is 3. The molecule has 1 fully saturated rings. The molecule has 1 aromatic carbocycles. The number of nitrogens with zero attached hydrogens (tertiary/aromatic N) is 1. The van der Waals surface area contributed by atoms with Gasteiger partial charge < -0.3 is 4.74 Å². The molecule has 0 aliphatic heterocycles. The van der Waals surface area contributed by atoms with E-state index in [1.165, 1.54) is 0 Å². The average molecular weight is 312 g/mol. The van der Waals surface area contributed by atoms with Gasteiger partial charge in [-0.1, -0.05) is 11.6 Å². The first-order chi connectivity index (χ1) is 10.0. The van der Waals surface area contributed by atoms with Gasteiger partial charge in [0, 0.05) is 17.4 Å². The minimum Gasteiger partial charge on any atom is -0.462 e. The number of hydrogen-bond donors (Lipinski definition) is 0. The number of esters is 1. The first kappa shape index (κ1) is 14.2. The highest BCUT2D eigenvalue weighted by Crippen LogP contribution is 2.44. The molecule has 1 aliphatic carbocycles. The van der Waals surface area contributed by atoms with Crippen molar-refractivity contribution in [3.63, 3.8) is 0 Å². The Morgan fingerprint density at radius 2 is 2.05 bits per heavy atom. The summed E-state index contributed by atoms with van der Waals surface area (Å²) in [6.45, 7) is 1.89. The van der Waals surface area contributed by atoms with Gasteiger partial charge in [0.1, 0.15) is 5.56 Å². The highest BCUT2D eigenvalue weighted by molar-refractivity contribution is 6.38. The molecule has 0 radical (unpaired) electrons. The number of halogens is 3. The molecule has 1 aliphatic rings. The van der Waals surface area contributed by atoms with Crippen molar-refractivity contribution in [1.29, 1.82) is 0 Å². The molecule has 1 heterocycles. The molecule has 1 saturated carbocycles. The number of ether oxygens (including phenoxy) is 1. The van der Waals surface area contributed by atoms with E-state index >= 15 is 0 Å². The molecule has 0 saturated heterocycles. The summed E-state index contributed by atoms with van der Waals surface area (Å²) < 4.78 is 31.8. The molecule has 3 nitrogen and oxygen atoms in total. The van der Waals surface area contributed by atoms with Crippen LogP contribution in [0.1, 0.15) is 41.7 Å². The van der Waals surface area contributed by atoms with E-state index in [0.29, 0.717) is 5.69 Å². The van der Waals surface area contributed by atoms with Crippen LogP contribution in [-0.4, -0.2) is 17.6 Å². The monoisotopic (exact) mass is 311 g/mol. The number of carbonyl (C=O) groups is 1. The molecule has 0 amide bonds. The van der Waals surface area contributed by atoms with E-state index in [2.05, 4.69) is 4.98 Å². The van der Waals surface area contributed by atoms with E-state index in [-0.39, 0.29) is 34.0 Å². The summed E-state index contributed by atoms with van der Waals surface area (Å²) in [6.07, 6.45) is 1.79. The maximum Gasteiger partial charge on any atom is 0.341 e. The fourth-order valence-electron chi connectivity index (χ4n) is 2.29. The molecule has 3 rings (SSSR count). The number of hydrogen-bond acceptors (Lipinski definition) is 3. The van der Waals surface area contributed by atoms with Crippen LogP contribution in [0.2, 0.25) is 5.02 Å². The summed E-state index contributed by atoms with van der Waals surface area (Å²) in [5.41, 5.74) is 0.922. The van der Waals surface area contributed by atoms with Crippen LogP contribution in [-0.2, 0) is 4.74 Å². The van der Waals surface area contributed by atoms with Gasteiger partial charge >= 0.3 is 5.97 Å². The average Bonchev–Trinajstić information content (AvgIpc) is 3.25. The lowest BCUT2D eigenvalue weighted by Crippen LogP contribution is -2.11. The van der Waals surface area contributed by atoms with Gasteiger partial charge in [-0.05, 0) is 25.8 Å². The molecular formula is C15H12ClF2NO2. The molecule has 0 bridgehead atoms. The number of pyridine rings is 1. The quantitative estimate of drug-likeness (QED) is 0.797. The lowest BCUT2D eigenvalue weighted by molar-refractivity contribution is 0.0525. The smallest absolute Gasteiger partial charge is 0.341 e. The number of aromatic nitrogens is 1. The van der Waals surface area contributed by atoms with Gasteiger partial charge in [-0.3, -0.25) is 4.98 Å². The van der Waals surface area contributed by atoms with E-state index < -0.39 is 17.6 Å². The van der Waals surface area contributed by atoms with E-state index in [4.69, 9.17) is 16.3 Å². The molecule has 21 heavy (non-hydrogen) atoms. The van der Waals surface area contributed by atoms with Crippen molar-refractivity contribution >= 4 is 28.5 Å². The molecule has 2 aromatic rings. The third-order valence-electron chi connectivity index (χ3n) is 3.44. The van der Waals surface area contributed by atoms with Gasteiger partial charge in [-0.25, -0.2) is 13.6 Å². The molecule has 0 atom stereocenters. The third-order valence-corrected chi connectivity index (χ3v) is 3.83. The molecule has 6 heteroatoms. The van der Waals surface area contributed by atoms with Crippen molar-refractivity contribution in [2.45, 2.75) is 25.7 Å². The van der Waals surface area contributed by atoms with Crippen molar-refractivity contribution in [1.82, 2.24) is 4.98 Å². The van der Waals surface area contributed by atoms with E-state index in [9.17, 15) is 13.6 Å². The van der Waals surface area contributed by atoms with Gasteiger partial charge in [-0.2, -0.15) is 0 Å². The van der Waals surface area contributed by atoms with Gasteiger partial charge in [0.05, 0.1) is 22.8 Å². The summed E-state index contributed by atoms with van der Waals surface area (Å²) in [4.78, 5) is 16.4. The van der Waals surface area contributed by atoms with Gasteiger partial charge in [-0.15, -0.1) is 0 Å². The summed E-state index contributed by atoms with van der Waals surface area (Å²) in [7, 11) is 0. The van der Waals surface area contributed by atoms with Gasteiger partial charge in [0.25, 0.3) is 0 Å². The Morgan fingerprint density at radius 3 is 2.67 bits per heavy atom. The molecule has 110 valence electrons. The maximum absolute atomic E-state index is 13.4. The van der Waals surface area contributed by atoms with Gasteiger partial charge in [0.15, 0.2) is 11.6 Å². The molecule has 0 unspecified atom stereocenters. The first-order valence-corrected chi connectivity index (χ1v) is 7.06. The summed E-state index contributed by atoms with van der Waals surface area (Å²) in [5, 5.41) is 0.280. The molecule has 1 aromatic heterocycles. The van der Waals surface area contributed by atoms with E-state index in [1.807, 2.05) is 0 Å². The number of carbonyl (C=O) groups excluding carboxylic acids is 1. The predicted molar refractivity (Wildman–Crippen MR) is 74.6 cm³/mol. The summed E-state index contributed by atoms with van der Waals surface area (Å²) in [5.74, 6) is -2.47. The Kier molecular flexibility index (Phi) is 3.53. The lowest BCUT2D eigenvalue weighted by atomic mass is 10.1. The maximum atomic E-state index is 13.4. The van der Waals surface area contributed by atoms with Crippen molar-refractivity contribution in [2.75, 3.05) is 6.61 Å². The number of fused-ring (bicyclic) bond motifs is 1. The second kappa shape index (κ2) is 5.22. The van der Waals surface area contributed by atoms with Crippen LogP contribution >= 0.6 is 11.6 Å². The topological polar surface area (TPSA) is 39.2 Å². The molecular weight excluding hydrogens is 300 g/mol. The van der Waals surface area contributed by atoms with Crippen molar-refractivity contribution in [3.8, 4) is 0 Å². The van der Waals surface area contributed by atoms with Crippen LogP contribution in [0.5, 0.6) is 0 Å². The van der Waals surface area contributed by atoms with Crippen molar-refractivity contribution in [2.24, 2.45) is 0 Å². The van der Waals surface area contributed by atoms with Gasteiger partial charge in [0.2, 0.25) is 0 Å². The van der Waals surface area contributed by atoms with E-state index in [1.54, 1.807) is 6.92 Å². The third kappa shape index (κ3) is 2.46. The fraction of sp³-hybridized carbons (Fsp3) is 0.333.